The van der Waals surface area contributed by atoms with Gasteiger partial charge < -0.3 is 28.4 Å². The lowest BCUT2D eigenvalue weighted by Crippen LogP contribution is -2.28. The summed E-state index contributed by atoms with van der Waals surface area (Å²) in [6.45, 7) is 6.63. The number of esters is 2. The van der Waals surface area contributed by atoms with E-state index in [1.165, 1.54) is 0 Å². The van der Waals surface area contributed by atoms with Crippen LogP contribution in [0.15, 0.2) is 42.5 Å². The van der Waals surface area contributed by atoms with E-state index in [1.807, 2.05) is 27.7 Å². The van der Waals surface area contributed by atoms with E-state index >= 15 is 0 Å². The topological polar surface area (TPSA) is 89.5 Å². The van der Waals surface area contributed by atoms with E-state index in [0.29, 0.717) is 36.0 Å². The molecule has 0 N–H and O–H groups in total. The van der Waals surface area contributed by atoms with Crippen molar-refractivity contribution in [2.24, 2.45) is 5.41 Å². The molecule has 0 radical (unpaired) electrons. The van der Waals surface area contributed by atoms with Crippen LogP contribution in [0.1, 0.15) is 34.1 Å². The number of benzene rings is 2. The minimum atomic E-state index is -0.869. The third kappa shape index (κ3) is 5.67. The molecule has 1 aliphatic heterocycles. The molecule has 0 aromatic heterocycles. The lowest BCUT2D eigenvalue weighted by atomic mass is 9.91. The smallest absolute Gasteiger partial charge is 0.361 e. The zero-order valence-corrected chi connectivity index (χ0v) is 18.0. The van der Waals surface area contributed by atoms with Crippen LogP contribution in [0.4, 0.5) is 0 Å². The van der Waals surface area contributed by atoms with Crippen molar-refractivity contribution >= 4 is 11.9 Å². The zero-order valence-electron chi connectivity index (χ0n) is 18.0. The maximum atomic E-state index is 12.2. The van der Waals surface area contributed by atoms with Gasteiger partial charge in [-0.1, -0.05) is 13.0 Å². The van der Waals surface area contributed by atoms with Crippen molar-refractivity contribution in [3.8, 4) is 28.7 Å². The van der Waals surface area contributed by atoms with Gasteiger partial charge in [0.25, 0.3) is 0 Å². The molecule has 31 heavy (non-hydrogen) atoms. The first-order chi connectivity index (χ1) is 14.8. The molecule has 0 fully saturated rings. The Balaban J connectivity index is 1.52. The molecule has 8 heteroatoms. The second kappa shape index (κ2) is 9.70. The maximum absolute atomic E-state index is 12.2. The Bertz CT molecular complexity index is 920. The first kappa shape index (κ1) is 22.4. The molecule has 1 aliphatic rings. The minimum Gasteiger partial charge on any atom is -0.482 e. The number of hydrogen-bond acceptors (Lipinski definition) is 8. The molecule has 0 aliphatic carbocycles. The maximum Gasteiger partial charge on any atom is 0.361 e. The molecule has 0 bridgehead atoms. The van der Waals surface area contributed by atoms with Crippen LogP contribution in [0.5, 0.6) is 28.7 Å². The first-order valence-corrected chi connectivity index (χ1v) is 10.1. The summed E-state index contributed by atoms with van der Waals surface area (Å²) in [5.74, 6) is 0.867. The van der Waals surface area contributed by atoms with Gasteiger partial charge in [-0.3, -0.25) is 4.79 Å². The number of rotatable bonds is 9. The number of fused-ring (bicyclic) bond motifs is 1. The van der Waals surface area contributed by atoms with Gasteiger partial charge in [0.2, 0.25) is 5.75 Å². The Morgan fingerprint density at radius 1 is 0.968 bits per heavy atom. The zero-order chi connectivity index (χ0) is 22.4. The summed E-state index contributed by atoms with van der Waals surface area (Å²) < 4.78 is 32.4. The molecule has 1 atom stereocenters. The van der Waals surface area contributed by atoms with E-state index in [9.17, 15) is 9.59 Å². The molecule has 0 spiro atoms. The van der Waals surface area contributed by atoms with Crippen molar-refractivity contribution in [2.45, 2.75) is 40.6 Å². The average molecular weight is 430 g/mol. The second-order valence-electron chi connectivity index (χ2n) is 7.42. The molecule has 1 heterocycles. The van der Waals surface area contributed by atoms with Gasteiger partial charge in [0, 0.05) is 0 Å². The van der Waals surface area contributed by atoms with E-state index in [4.69, 9.17) is 28.4 Å². The first-order valence-electron chi connectivity index (χ1n) is 10.1. The summed E-state index contributed by atoms with van der Waals surface area (Å²) in [6.07, 6.45) is 0.670. The average Bonchev–Trinajstić information content (AvgIpc) is 3.17. The van der Waals surface area contributed by atoms with Crippen LogP contribution in [0, 0.1) is 5.41 Å². The van der Waals surface area contributed by atoms with Gasteiger partial charge in [-0.05, 0) is 63.6 Å². The number of carbonyl (C=O) groups excluding carboxylic acids is 2. The fourth-order valence-electron chi connectivity index (χ4n) is 2.50. The van der Waals surface area contributed by atoms with E-state index in [0.717, 1.165) is 0 Å². The Kier molecular flexibility index (Phi) is 7.02. The number of carbonyl (C=O) groups is 2. The predicted octanol–water partition coefficient (Wildman–Crippen LogP) is 4.10. The second-order valence-corrected chi connectivity index (χ2v) is 7.42. The molecule has 2 aromatic carbocycles. The monoisotopic (exact) mass is 430 g/mol. The molecule has 1 unspecified atom stereocenters. The van der Waals surface area contributed by atoms with Gasteiger partial charge in [0.05, 0.1) is 12.0 Å². The molecule has 0 amide bonds. The predicted molar refractivity (Wildman–Crippen MR) is 110 cm³/mol. The molecule has 2 aromatic rings. The van der Waals surface area contributed by atoms with Gasteiger partial charge in [-0.25, -0.2) is 4.79 Å². The van der Waals surface area contributed by atoms with Crippen LogP contribution in [0.2, 0.25) is 0 Å². The van der Waals surface area contributed by atoms with Crippen molar-refractivity contribution < 1.29 is 38.0 Å². The van der Waals surface area contributed by atoms with E-state index in [1.54, 1.807) is 42.5 Å². The summed E-state index contributed by atoms with van der Waals surface area (Å²) in [5, 5.41) is 0. The number of hydrogen-bond donors (Lipinski definition) is 0. The lowest BCUT2D eigenvalue weighted by Gasteiger charge is -2.20. The number of ether oxygens (including phenoxy) is 6. The van der Waals surface area contributed by atoms with Crippen LogP contribution < -0.4 is 23.7 Å². The van der Waals surface area contributed by atoms with Crippen molar-refractivity contribution in [3.05, 3.63) is 42.5 Å². The molecule has 166 valence electrons. The molecular weight excluding hydrogens is 404 g/mol. The number of para-hydroxylation sites is 1. The Labute approximate surface area is 181 Å². The van der Waals surface area contributed by atoms with Crippen LogP contribution in [0.3, 0.4) is 0 Å². The fraction of sp³-hybridized carbons (Fsp3) is 0.391. The van der Waals surface area contributed by atoms with Crippen molar-refractivity contribution in [3.63, 3.8) is 0 Å². The van der Waals surface area contributed by atoms with Gasteiger partial charge >= 0.3 is 18.4 Å². The quantitative estimate of drug-likeness (QED) is 0.434. The van der Waals surface area contributed by atoms with E-state index in [-0.39, 0.29) is 18.3 Å². The van der Waals surface area contributed by atoms with Crippen LogP contribution in [0.25, 0.3) is 0 Å². The fourth-order valence-corrected chi connectivity index (χ4v) is 2.50. The van der Waals surface area contributed by atoms with Gasteiger partial charge in [-0.15, -0.1) is 0 Å². The van der Waals surface area contributed by atoms with Crippen LogP contribution >= 0.6 is 0 Å². The Morgan fingerprint density at radius 3 is 2.35 bits per heavy atom. The highest BCUT2D eigenvalue weighted by Crippen LogP contribution is 2.42. The lowest BCUT2D eigenvalue weighted by molar-refractivity contribution is -0.174. The Morgan fingerprint density at radius 2 is 1.68 bits per heavy atom. The van der Waals surface area contributed by atoms with Gasteiger partial charge in [0.1, 0.15) is 11.5 Å². The van der Waals surface area contributed by atoms with Gasteiger partial charge in [-0.2, -0.15) is 0 Å². The highest BCUT2D eigenvalue weighted by Gasteiger charge is 2.29. The van der Waals surface area contributed by atoms with Crippen molar-refractivity contribution in [1.82, 2.24) is 0 Å². The van der Waals surface area contributed by atoms with Crippen molar-refractivity contribution in [2.75, 3.05) is 13.2 Å². The standard InChI is InChI=1S/C23H26O8/c1-5-23(3,4)21(25)28-16-12-10-15(11-13-16)27-14-19(24)29-17-8-7-9-18-20(17)31-22(30-18)26-6-2/h7-13,22H,5-6,14H2,1-4H3. The summed E-state index contributed by atoms with van der Waals surface area (Å²) >= 11 is 0. The van der Waals surface area contributed by atoms with E-state index in [2.05, 4.69) is 0 Å². The SMILES string of the molecule is CCOC1Oc2cccc(OC(=O)COc3ccc(OC(=O)C(C)(C)CC)cc3)c2O1. The highest BCUT2D eigenvalue weighted by molar-refractivity contribution is 5.78. The van der Waals surface area contributed by atoms with Crippen molar-refractivity contribution in [1.29, 1.82) is 0 Å². The normalized spacial score (nSPS) is 14.8. The largest absolute Gasteiger partial charge is 0.482 e. The molecule has 0 saturated carbocycles. The summed E-state index contributed by atoms with van der Waals surface area (Å²) in [4.78, 5) is 24.3. The summed E-state index contributed by atoms with van der Waals surface area (Å²) in [7, 11) is 0. The minimum absolute atomic E-state index is 0.217. The van der Waals surface area contributed by atoms with Crippen LogP contribution in [-0.2, 0) is 14.3 Å². The molecule has 8 nitrogen and oxygen atoms in total. The highest BCUT2D eigenvalue weighted by atomic mass is 16.9. The molecular formula is C23H26O8. The van der Waals surface area contributed by atoms with E-state index < -0.39 is 17.9 Å². The third-order valence-electron chi connectivity index (χ3n) is 4.73. The molecule has 0 saturated heterocycles. The molecule has 3 rings (SSSR count). The van der Waals surface area contributed by atoms with Crippen LogP contribution in [-0.4, -0.2) is 31.6 Å². The third-order valence-corrected chi connectivity index (χ3v) is 4.73. The summed E-state index contributed by atoms with van der Waals surface area (Å²) in [6, 6.07) is 11.4. The summed E-state index contributed by atoms with van der Waals surface area (Å²) in [5.41, 5.74) is -0.562. The Hall–Kier alpha value is -3.26. The van der Waals surface area contributed by atoms with Gasteiger partial charge in [0.15, 0.2) is 18.1 Å².